The van der Waals surface area contributed by atoms with E-state index in [-0.39, 0.29) is 18.5 Å². The van der Waals surface area contributed by atoms with Gasteiger partial charge in [-0.2, -0.15) is 0 Å². The summed E-state index contributed by atoms with van der Waals surface area (Å²) in [7, 11) is -3.52. The molecule has 1 aliphatic rings. The van der Waals surface area contributed by atoms with E-state index in [2.05, 4.69) is 20.8 Å². The zero-order valence-corrected chi connectivity index (χ0v) is 16.6. The second-order valence-electron chi connectivity index (χ2n) is 7.16. The van der Waals surface area contributed by atoms with Crippen molar-refractivity contribution in [2.75, 3.05) is 23.7 Å². The summed E-state index contributed by atoms with van der Waals surface area (Å²) in [6.45, 7) is 6.86. The summed E-state index contributed by atoms with van der Waals surface area (Å²) in [6.07, 6.45) is 5.20. The number of carbonyl (C=O) groups is 1. The van der Waals surface area contributed by atoms with Crippen molar-refractivity contribution in [2.45, 2.75) is 58.4 Å². The molecule has 1 saturated heterocycles. The molecule has 0 spiro atoms. The number of hydrogen-bond acceptors (Lipinski definition) is 3. The lowest BCUT2D eigenvalue weighted by molar-refractivity contribution is -0.133. The van der Waals surface area contributed by atoms with Crippen molar-refractivity contribution in [1.82, 2.24) is 4.90 Å². The van der Waals surface area contributed by atoms with Crippen LogP contribution >= 0.6 is 0 Å². The molecule has 0 N–H and O–H groups in total. The maximum absolute atomic E-state index is 12.8. The molecule has 5 nitrogen and oxygen atoms in total. The fourth-order valence-electron chi connectivity index (χ4n) is 3.39. The smallest absolute Gasteiger partial charge is 0.243 e. The molecule has 140 valence electrons. The number of rotatable bonds is 6. The number of carbonyl (C=O) groups excluding carboxylic acids is 1. The highest BCUT2D eigenvalue weighted by Crippen LogP contribution is 2.24. The molecular formula is C19H30N2O3S. The Hall–Kier alpha value is -1.56. The normalized spacial score (nSPS) is 18.4. The minimum atomic E-state index is -3.52. The van der Waals surface area contributed by atoms with Crippen LogP contribution in [0.2, 0.25) is 0 Å². The van der Waals surface area contributed by atoms with Crippen LogP contribution in [0.1, 0.15) is 57.9 Å². The van der Waals surface area contributed by atoms with Gasteiger partial charge < -0.3 is 4.90 Å². The highest BCUT2D eigenvalue weighted by Gasteiger charge is 2.29. The number of sulfonamides is 1. The zero-order valence-electron chi connectivity index (χ0n) is 15.7. The Labute approximate surface area is 152 Å². The van der Waals surface area contributed by atoms with Gasteiger partial charge in [0.25, 0.3) is 0 Å². The molecule has 1 amide bonds. The summed E-state index contributed by atoms with van der Waals surface area (Å²) in [5, 5.41) is 0. The van der Waals surface area contributed by atoms with Crippen molar-refractivity contribution in [1.29, 1.82) is 0 Å². The molecule has 1 aromatic carbocycles. The van der Waals surface area contributed by atoms with Gasteiger partial charge in [-0.15, -0.1) is 0 Å². The van der Waals surface area contributed by atoms with Gasteiger partial charge >= 0.3 is 0 Å². The highest BCUT2D eigenvalue weighted by molar-refractivity contribution is 7.92. The Morgan fingerprint density at radius 2 is 1.88 bits per heavy atom. The summed E-state index contributed by atoms with van der Waals surface area (Å²) in [6, 6.07) is 7.66. The Kier molecular flexibility index (Phi) is 6.49. The van der Waals surface area contributed by atoms with E-state index in [1.165, 1.54) is 4.31 Å². The predicted molar refractivity (Wildman–Crippen MR) is 102 cm³/mol. The molecule has 1 heterocycles. The van der Waals surface area contributed by atoms with Gasteiger partial charge in [0.1, 0.15) is 6.54 Å². The van der Waals surface area contributed by atoms with Crippen molar-refractivity contribution < 1.29 is 13.2 Å². The van der Waals surface area contributed by atoms with Crippen LogP contribution in [-0.2, 0) is 14.8 Å². The molecule has 1 atom stereocenters. The predicted octanol–water partition coefficient (Wildman–Crippen LogP) is 3.37. The number of benzene rings is 1. The molecule has 0 radical (unpaired) electrons. The summed E-state index contributed by atoms with van der Waals surface area (Å²) in [5.74, 6) is 0.269. The third-order valence-electron chi connectivity index (χ3n) is 4.95. The van der Waals surface area contributed by atoms with Crippen molar-refractivity contribution in [3.8, 4) is 0 Å². The number of piperidine rings is 1. The van der Waals surface area contributed by atoms with Gasteiger partial charge in [0.2, 0.25) is 15.9 Å². The van der Waals surface area contributed by atoms with Crippen LogP contribution in [-0.4, -0.2) is 44.6 Å². The largest absolute Gasteiger partial charge is 0.338 e. The molecular weight excluding hydrogens is 336 g/mol. The molecule has 1 fully saturated rings. The van der Waals surface area contributed by atoms with Crippen LogP contribution in [0.5, 0.6) is 0 Å². The van der Waals surface area contributed by atoms with Crippen LogP contribution in [0, 0.1) is 0 Å². The Morgan fingerprint density at radius 1 is 1.24 bits per heavy atom. The number of likely N-dealkylation sites (tertiary alicyclic amines) is 1. The quantitative estimate of drug-likeness (QED) is 0.776. The molecule has 25 heavy (non-hydrogen) atoms. The highest BCUT2D eigenvalue weighted by atomic mass is 32.2. The topological polar surface area (TPSA) is 57.7 Å². The van der Waals surface area contributed by atoms with Gasteiger partial charge in [-0.25, -0.2) is 8.42 Å². The molecule has 0 saturated carbocycles. The maximum Gasteiger partial charge on any atom is 0.243 e. The Morgan fingerprint density at radius 3 is 2.40 bits per heavy atom. The fraction of sp³-hybridized carbons (Fsp3) is 0.632. The fourth-order valence-corrected chi connectivity index (χ4v) is 4.24. The summed E-state index contributed by atoms with van der Waals surface area (Å²) in [5.41, 5.74) is 1.69. The lowest BCUT2D eigenvalue weighted by Gasteiger charge is -2.36. The average molecular weight is 367 g/mol. The van der Waals surface area contributed by atoms with Crippen LogP contribution in [0.3, 0.4) is 0 Å². The van der Waals surface area contributed by atoms with Crippen molar-refractivity contribution in [2.24, 2.45) is 0 Å². The van der Waals surface area contributed by atoms with Gasteiger partial charge in [-0.05, 0) is 49.3 Å². The van der Waals surface area contributed by atoms with E-state index >= 15 is 0 Å². The van der Waals surface area contributed by atoms with E-state index in [4.69, 9.17) is 0 Å². The molecule has 1 aromatic rings. The van der Waals surface area contributed by atoms with Gasteiger partial charge in [-0.1, -0.05) is 32.9 Å². The van der Waals surface area contributed by atoms with Gasteiger partial charge in [0, 0.05) is 12.6 Å². The molecule has 0 aliphatic carbocycles. The molecule has 1 aliphatic heterocycles. The first kappa shape index (κ1) is 19.8. The standard InChI is InChI=1S/C19H30N2O3S/c1-5-17-8-6-7-13-20(17)19(22)14-21(25(4,23)24)18-11-9-16(10-12-18)15(2)3/h9-12,15,17H,5-8,13-14H2,1-4H3. The van der Waals surface area contributed by atoms with Crippen molar-refractivity contribution >= 4 is 21.6 Å². The van der Waals surface area contributed by atoms with Gasteiger partial charge in [0.15, 0.2) is 0 Å². The summed E-state index contributed by atoms with van der Waals surface area (Å²) in [4.78, 5) is 14.7. The monoisotopic (exact) mass is 366 g/mol. The van der Waals surface area contributed by atoms with Crippen LogP contribution in [0.15, 0.2) is 24.3 Å². The van der Waals surface area contributed by atoms with Gasteiger partial charge in [0.05, 0.1) is 11.9 Å². The van der Waals surface area contributed by atoms with Crippen LogP contribution < -0.4 is 4.31 Å². The first-order chi connectivity index (χ1) is 11.7. The minimum absolute atomic E-state index is 0.107. The maximum atomic E-state index is 12.8. The lowest BCUT2D eigenvalue weighted by Crippen LogP contribution is -2.48. The van der Waals surface area contributed by atoms with E-state index < -0.39 is 10.0 Å². The molecule has 6 heteroatoms. The number of nitrogens with zero attached hydrogens (tertiary/aromatic N) is 2. The second kappa shape index (κ2) is 8.21. The Balaban J connectivity index is 2.22. The Bertz CT molecular complexity index is 683. The van der Waals surface area contributed by atoms with E-state index in [9.17, 15) is 13.2 Å². The van der Waals surface area contributed by atoms with Gasteiger partial charge in [-0.3, -0.25) is 9.10 Å². The third-order valence-corrected chi connectivity index (χ3v) is 6.09. The lowest BCUT2D eigenvalue weighted by atomic mass is 10.00. The molecule has 0 bridgehead atoms. The van der Waals surface area contributed by atoms with E-state index in [0.29, 0.717) is 11.6 Å². The molecule has 0 aromatic heterocycles. The first-order valence-corrected chi connectivity index (χ1v) is 11.0. The number of amides is 1. The van der Waals surface area contributed by atoms with Crippen molar-refractivity contribution in [3.05, 3.63) is 29.8 Å². The average Bonchev–Trinajstić information content (AvgIpc) is 2.58. The number of hydrogen-bond donors (Lipinski definition) is 0. The van der Waals surface area contributed by atoms with Crippen LogP contribution in [0.4, 0.5) is 5.69 Å². The van der Waals surface area contributed by atoms with E-state index in [1.54, 1.807) is 12.1 Å². The van der Waals surface area contributed by atoms with Crippen molar-refractivity contribution in [3.63, 3.8) is 0 Å². The summed E-state index contributed by atoms with van der Waals surface area (Å²) >= 11 is 0. The minimum Gasteiger partial charge on any atom is -0.338 e. The van der Waals surface area contributed by atoms with E-state index in [0.717, 1.165) is 44.0 Å². The second-order valence-corrected chi connectivity index (χ2v) is 9.07. The zero-order chi connectivity index (χ0) is 18.6. The number of anilines is 1. The SMILES string of the molecule is CCC1CCCCN1C(=O)CN(c1ccc(C(C)C)cc1)S(C)(=O)=O. The first-order valence-electron chi connectivity index (χ1n) is 9.11. The molecule has 1 unspecified atom stereocenters. The summed E-state index contributed by atoms with van der Waals surface area (Å²) < 4.78 is 25.8. The third kappa shape index (κ3) is 4.97. The van der Waals surface area contributed by atoms with Crippen LogP contribution in [0.25, 0.3) is 0 Å². The van der Waals surface area contributed by atoms with E-state index in [1.807, 2.05) is 17.0 Å². The molecule has 2 rings (SSSR count).